The largest absolute Gasteiger partial charge is 0.481 e. The second kappa shape index (κ2) is 10.4. The normalized spacial score (nSPS) is 15.0. The number of para-hydroxylation sites is 1. The second-order valence-electron chi connectivity index (χ2n) is 8.26. The van der Waals surface area contributed by atoms with Crippen molar-refractivity contribution in [1.29, 1.82) is 0 Å². The average molecular weight is 477 g/mol. The zero-order valence-electron chi connectivity index (χ0n) is 19.4. The molecule has 35 heavy (non-hydrogen) atoms. The van der Waals surface area contributed by atoms with Crippen LogP contribution in [-0.4, -0.2) is 35.3 Å². The third-order valence-corrected chi connectivity index (χ3v) is 5.61. The summed E-state index contributed by atoms with van der Waals surface area (Å²) in [6.45, 7) is 3.70. The number of benzene rings is 3. The third kappa shape index (κ3) is 5.84. The lowest BCUT2D eigenvalue weighted by atomic mass is 10.1. The molecule has 1 aliphatic heterocycles. The molecule has 0 aliphatic carbocycles. The molecule has 0 bridgehead atoms. The number of carbonyl (C=O) groups is 3. The molecule has 1 N–H and O–H groups in total. The Kier molecular flexibility index (Phi) is 7.10. The fourth-order valence-electron chi connectivity index (χ4n) is 3.88. The van der Waals surface area contributed by atoms with E-state index in [1.807, 2.05) is 0 Å². The van der Waals surface area contributed by atoms with Crippen molar-refractivity contribution in [2.24, 2.45) is 0 Å². The lowest BCUT2D eigenvalue weighted by Crippen LogP contribution is -2.39. The van der Waals surface area contributed by atoms with Crippen molar-refractivity contribution in [3.63, 3.8) is 0 Å². The van der Waals surface area contributed by atoms with Crippen LogP contribution >= 0.6 is 0 Å². The SMILES string of the molecule is CC(=O)Oc1ccccc1C(=O)Nc1ccc2c(c1)CN(CCc1ccc(F)cc1)C(=O)[C@H](C)O2. The Morgan fingerprint density at radius 2 is 1.86 bits per heavy atom. The van der Waals surface area contributed by atoms with Gasteiger partial charge in [-0.05, 0) is 61.4 Å². The molecule has 1 heterocycles. The summed E-state index contributed by atoms with van der Waals surface area (Å²) in [5.74, 6) is -0.680. The number of rotatable bonds is 6. The van der Waals surface area contributed by atoms with Crippen LogP contribution in [0.1, 0.15) is 35.3 Å². The molecule has 0 saturated heterocycles. The van der Waals surface area contributed by atoms with Crippen molar-refractivity contribution in [3.8, 4) is 11.5 Å². The highest BCUT2D eigenvalue weighted by Crippen LogP contribution is 2.29. The summed E-state index contributed by atoms with van der Waals surface area (Å²) in [5.41, 5.74) is 2.40. The van der Waals surface area contributed by atoms with Crippen LogP contribution in [0.25, 0.3) is 0 Å². The first-order chi connectivity index (χ1) is 16.8. The summed E-state index contributed by atoms with van der Waals surface area (Å²) in [4.78, 5) is 38.8. The van der Waals surface area contributed by atoms with Crippen molar-refractivity contribution in [1.82, 2.24) is 4.90 Å². The fraction of sp³-hybridized carbons (Fsp3) is 0.222. The van der Waals surface area contributed by atoms with Gasteiger partial charge in [0.15, 0.2) is 6.10 Å². The Balaban J connectivity index is 1.52. The predicted octanol–water partition coefficient (Wildman–Crippen LogP) is 4.36. The minimum atomic E-state index is -0.666. The minimum absolute atomic E-state index is 0.149. The number of hydrogen-bond acceptors (Lipinski definition) is 5. The highest BCUT2D eigenvalue weighted by atomic mass is 19.1. The van der Waals surface area contributed by atoms with Gasteiger partial charge in [0, 0.05) is 31.3 Å². The van der Waals surface area contributed by atoms with Crippen molar-refractivity contribution in [2.45, 2.75) is 32.9 Å². The van der Waals surface area contributed by atoms with Gasteiger partial charge in [-0.2, -0.15) is 0 Å². The van der Waals surface area contributed by atoms with Gasteiger partial charge in [0.2, 0.25) is 0 Å². The molecule has 180 valence electrons. The number of amides is 2. The molecule has 0 saturated carbocycles. The maximum Gasteiger partial charge on any atom is 0.308 e. The zero-order valence-corrected chi connectivity index (χ0v) is 19.4. The molecular weight excluding hydrogens is 451 g/mol. The van der Waals surface area contributed by atoms with E-state index in [1.165, 1.54) is 19.1 Å². The maximum absolute atomic E-state index is 13.2. The Hall–Kier alpha value is -4.20. The molecule has 1 aliphatic rings. The average Bonchev–Trinajstić information content (AvgIpc) is 2.94. The number of nitrogens with one attached hydrogen (secondary N) is 1. The number of halogens is 1. The van der Waals surface area contributed by atoms with E-state index < -0.39 is 18.0 Å². The number of esters is 1. The number of nitrogens with zero attached hydrogens (tertiary/aromatic N) is 1. The van der Waals surface area contributed by atoms with Crippen LogP contribution in [0.3, 0.4) is 0 Å². The molecule has 2 amide bonds. The van der Waals surface area contributed by atoms with Gasteiger partial charge in [-0.1, -0.05) is 24.3 Å². The first kappa shape index (κ1) is 23.9. The van der Waals surface area contributed by atoms with Crippen LogP contribution in [0.2, 0.25) is 0 Å². The molecule has 0 radical (unpaired) electrons. The zero-order chi connectivity index (χ0) is 24.9. The second-order valence-corrected chi connectivity index (χ2v) is 8.26. The van der Waals surface area contributed by atoms with Gasteiger partial charge in [-0.25, -0.2) is 4.39 Å². The number of anilines is 1. The summed E-state index contributed by atoms with van der Waals surface area (Å²) in [7, 11) is 0. The summed E-state index contributed by atoms with van der Waals surface area (Å²) in [6, 6.07) is 17.8. The lowest BCUT2D eigenvalue weighted by molar-refractivity contribution is -0.137. The van der Waals surface area contributed by atoms with E-state index in [-0.39, 0.29) is 23.0 Å². The fourth-order valence-corrected chi connectivity index (χ4v) is 3.88. The van der Waals surface area contributed by atoms with Crippen molar-refractivity contribution >= 4 is 23.5 Å². The lowest BCUT2D eigenvalue weighted by Gasteiger charge is -2.22. The molecule has 0 fully saturated rings. The Bertz CT molecular complexity index is 1260. The van der Waals surface area contributed by atoms with Gasteiger partial charge < -0.3 is 19.7 Å². The van der Waals surface area contributed by atoms with E-state index in [4.69, 9.17) is 9.47 Å². The smallest absolute Gasteiger partial charge is 0.308 e. The molecule has 4 rings (SSSR count). The van der Waals surface area contributed by atoms with Crippen molar-refractivity contribution in [2.75, 3.05) is 11.9 Å². The van der Waals surface area contributed by atoms with Gasteiger partial charge in [0.25, 0.3) is 11.8 Å². The van der Waals surface area contributed by atoms with E-state index in [1.54, 1.807) is 66.4 Å². The van der Waals surface area contributed by atoms with Crippen molar-refractivity contribution in [3.05, 3.63) is 89.2 Å². The molecule has 7 nitrogen and oxygen atoms in total. The van der Waals surface area contributed by atoms with E-state index >= 15 is 0 Å². The van der Waals surface area contributed by atoms with E-state index in [0.29, 0.717) is 30.9 Å². The number of hydrogen-bond donors (Lipinski definition) is 1. The topological polar surface area (TPSA) is 84.9 Å². The summed E-state index contributed by atoms with van der Waals surface area (Å²) in [6.07, 6.45) is -0.0993. The highest BCUT2D eigenvalue weighted by molar-refractivity contribution is 6.06. The molecule has 8 heteroatoms. The number of carbonyl (C=O) groups excluding carboxylic acids is 3. The van der Waals surface area contributed by atoms with Crippen molar-refractivity contribution < 1.29 is 28.2 Å². The molecular formula is C27H25FN2O5. The molecule has 0 aromatic heterocycles. The molecule has 0 unspecified atom stereocenters. The molecule has 1 atom stereocenters. The molecule has 3 aromatic rings. The van der Waals surface area contributed by atoms with Gasteiger partial charge in [0.05, 0.1) is 5.56 Å². The van der Waals surface area contributed by atoms with Gasteiger partial charge in [0.1, 0.15) is 17.3 Å². The quantitative estimate of drug-likeness (QED) is 0.422. The van der Waals surface area contributed by atoms with Crippen LogP contribution in [-0.2, 0) is 22.6 Å². The van der Waals surface area contributed by atoms with Crippen LogP contribution in [0, 0.1) is 5.82 Å². The molecule has 0 spiro atoms. The number of fused-ring (bicyclic) bond motifs is 1. The van der Waals surface area contributed by atoms with Crippen LogP contribution in [0.5, 0.6) is 11.5 Å². The van der Waals surface area contributed by atoms with Gasteiger partial charge >= 0.3 is 5.97 Å². The van der Waals surface area contributed by atoms with Crippen LogP contribution in [0.15, 0.2) is 66.7 Å². The van der Waals surface area contributed by atoms with Crippen LogP contribution < -0.4 is 14.8 Å². The highest BCUT2D eigenvalue weighted by Gasteiger charge is 2.28. The van der Waals surface area contributed by atoms with Gasteiger partial charge in [-0.3, -0.25) is 14.4 Å². The van der Waals surface area contributed by atoms with E-state index in [2.05, 4.69) is 5.32 Å². The monoisotopic (exact) mass is 476 g/mol. The summed E-state index contributed by atoms with van der Waals surface area (Å²) >= 11 is 0. The standard InChI is InChI=1S/C27H25FN2O5/c1-17-27(33)30(14-13-19-7-9-21(28)10-8-19)16-20-15-22(11-12-24(20)34-17)29-26(32)23-5-3-4-6-25(23)35-18(2)31/h3-12,15,17H,13-14,16H2,1-2H3,(H,29,32)/t17-/m0/s1. The Morgan fingerprint density at radius 1 is 1.11 bits per heavy atom. The molecule has 3 aromatic carbocycles. The number of ether oxygens (including phenoxy) is 2. The third-order valence-electron chi connectivity index (χ3n) is 5.61. The summed E-state index contributed by atoms with van der Waals surface area (Å²) < 4.78 is 24.2. The minimum Gasteiger partial charge on any atom is -0.481 e. The first-order valence-electron chi connectivity index (χ1n) is 11.2. The maximum atomic E-state index is 13.2. The van der Waals surface area contributed by atoms with E-state index in [0.717, 1.165) is 11.1 Å². The first-order valence-corrected chi connectivity index (χ1v) is 11.2. The van der Waals surface area contributed by atoms with E-state index in [9.17, 15) is 18.8 Å². The summed E-state index contributed by atoms with van der Waals surface area (Å²) in [5, 5.41) is 2.82. The predicted molar refractivity (Wildman–Crippen MR) is 128 cm³/mol. The van der Waals surface area contributed by atoms with Gasteiger partial charge in [-0.15, -0.1) is 0 Å². The Labute approximate surface area is 202 Å². The Morgan fingerprint density at radius 3 is 2.60 bits per heavy atom. The van der Waals surface area contributed by atoms with Crippen LogP contribution in [0.4, 0.5) is 10.1 Å².